The maximum atomic E-state index is 12.1. The molecule has 12 heteroatoms. The molecule has 12 nitrogen and oxygen atoms in total. The predicted octanol–water partition coefficient (Wildman–Crippen LogP) is 16.1. The minimum atomic E-state index is -0.440. The summed E-state index contributed by atoms with van der Waals surface area (Å²) in [6, 6.07) is 62.2. The van der Waals surface area contributed by atoms with Crippen LogP contribution >= 0.6 is 0 Å². The third-order valence-corrected chi connectivity index (χ3v) is 13.0. The third-order valence-electron chi connectivity index (χ3n) is 13.0. The summed E-state index contributed by atoms with van der Waals surface area (Å²) < 4.78 is 21.7. The zero-order valence-electron chi connectivity index (χ0n) is 55.1. The molecular weight excluding hydrogens is 1080 g/mol. The van der Waals surface area contributed by atoms with E-state index < -0.39 is 17.9 Å². The molecule has 0 saturated heterocycles. The summed E-state index contributed by atoms with van der Waals surface area (Å²) in [5, 5.41) is 0. The molecule has 0 amide bonds. The first-order valence-electron chi connectivity index (χ1n) is 29.2. The maximum absolute atomic E-state index is 12.1. The van der Waals surface area contributed by atoms with Gasteiger partial charge in [0.2, 0.25) is 0 Å². The molecule has 0 heterocycles. The van der Waals surface area contributed by atoms with Gasteiger partial charge in [0.15, 0.2) is 0 Å². The predicted molar refractivity (Wildman–Crippen MR) is 362 cm³/mol. The van der Waals surface area contributed by atoms with Gasteiger partial charge in [0.05, 0.1) is 0 Å². The van der Waals surface area contributed by atoms with Crippen molar-refractivity contribution in [2.24, 2.45) is 0 Å². The van der Waals surface area contributed by atoms with E-state index in [1.165, 1.54) is 56.0 Å². The maximum Gasteiger partial charge on any atom is 0.308 e. The van der Waals surface area contributed by atoms with Gasteiger partial charge >= 0.3 is 23.9 Å². The van der Waals surface area contributed by atoms with E-state index in [9.17, 15) is 19.2 Å². The summed E-state index contributed by atoms with van der Waals surface area (Å²) in [6.07, 6.45) is 1.66. The molecule has 0 spiro atoms. The summed E-state index contributed by atoms with van der Waals surface area (Å²) in [4.78, 5) is 54.6. The Morgan fingerprint density at radius 3 is 0.874 bits per heavy atom. The van der Waals surface area contributed by atoms with Crippen LogP contribution in [0.1, 0.15) is 105 Å². The molecule has 8 aromatic carbocycles. The van der Waals surface area contributed by atoms with E-state index in [4.69, 9.17) is 18.9 Å². The number of ether oxygens (including phenoxy) is 4. The summed E-state index contributed by atoms with van der Waals surface area (Å²) in [6.45, 7) is 20.0. The first-order chi connectivity index (χ1) is 41.1. The van der Waals surface area contributed by atoms with Crippen molar-refractivity contribution in [3.05, 3.63) is 238 Å². The normalized spacial score (nSPS) is 10.1. The van der Waals surface area contributed by atoms with Crippen LogP contribution in [0.15, 0.2) is 188 Å². The average molecular weight is 1180 g/mol. The van der Waals surface area contributed by atoms with Gasteiger partial charge in [-0.3, -0.25) is 19.2 Å². The number of esters is 4. The highest BCUT2D eigenvalue weighted by atomic mass is 16.5. The van der Waals surface area contributed by atoms with E-state index in [0.29, 0.717) is 35.8 Å². The molecule has 0 atom stereocenters. The molecule has 0 bridgehead atoms. The van der Waals surface area contributed by atoms with Crippen LogP contribution in [0.5, 0.6) is 23.0 Å². The van der Waals surface area contributed by atoms with E-state index in [1.54, 1.807) is 12.1 Å². The Hall–Kier alpha value is -9.16. The molecule has 0 unspecified atom stereocenters. The smallest absolute Gasteiger partial charge is 0.308 e. The quantitative estimate of drug-likeness (QED) is 0.0808. The van der Waals surface area contributed by atoms with Crippen molar-refractivity contribution in [1.29, 1.82) is 0 Å². The second-order valence-electron chi connectivity index (χ2n) is 22.7. The standard InChI is InChI=1S/C29H30O6.C14H20O2.4C8H11N/c1-17-7-9-27(33-20(4)30)23(11-17)15-25-13-19(3)14-26(29(25)35-22(6)32)16-24-12-18(2)8-10-28(24)34-21(5)31;1-6-11-9-12(14(3,4)5)7-8-13(11)16-10(2)15;4*1-9(2)8-6-4-3-5-7-8/h7-14H,15-16H2,1-6H3;7-9H,6H2,1-5H3;4*3-7H,1-2H3. The van der Waals surface area contributed by atoms with Crippen LogP contribution in [0.25, 0.3) is 0 Å². The molecule has 0 aliphatic rings. The lowest BCUT2D eigenvalue weighted by molar-refractivity contribution is -0.132. The number of para-hydroxylation sites is 4. The fraction of sp³-hybridized carbons (Fsp3) is 0.307. The number of anilines is 4. The van der Waals surface area contributed by atoms with E-state index >= 15 is 0 Å². The lowest BCUT2D eigenvalue weighted by Crippen LogP contribution is -2.12. The third kappa shape index (κ3) is 27.2. The van der Waals surface area contributed by atoms with Gasteiger partial charge in [-0.2, -0.15) is 0 Å². The number of carbonyl (C=O) groups excluding carboxylic acids is 4. The molecule has 462 valence electrons. The molecule has 0 radical (unpaired) electrons. The zero-order valence-corrected chi connectivity index (χ0v) is 55.1. The number of rotatable bonds is 13. The van der Waals surface area contributed by atoms with Crippen molar-refractivity contribution in [3.8, 4) is 23.0 Å². The highest BCUT2D eigenvalue weighted by Gasteiger charge is 2.20. The van der Waals surface area contributed by atoms with Crippen LogP contribution < -0.4 is 38.5 Å². The van der Waals surface area contributed by atoms with Gasteiger partial charge in [0, 0.05) is 120 Å². The van der Waals surface area contributed by atoms with Crippen molar-refractivity contribution in [1.82, 2.24) is 0 Å². The Bertz CT molecular complexity index is 3110. The second kappa shape index (κ2) is 36.6. The van der Waals surface area contributed by atoms with Gasteiger partial charge in [0.25, 0.3) is 0 Å². The Labute approximate surface area is 520 Å². The van der Waals surface area contributed by atoms with Crippen molar-refractivity contribution in [2.45, 2.75) is 101 Å². The topological polar surface area (TPSA) is 118 Å². The molecule has 0 N–H and O–H groups in total. The highest BCUT2D eigenvalue weighted by Crippen LogP contribution is 2.35. The van der Waals surface area contributed by atoms with Crippen molar-refractivity contribution < 1.29 is 38.1 Å². The highest BCUT2D eigenvalue weighted by molar-refractivity contribution is 5.73. The van der Waals surface area contributed by atoms with Crippen LogP contribution in [0, 0.1) is 20.8 Å². The Kier molecular flexibility index (Phi) is 30.4. The molecular formula is C75H94N4O8. The fourth-order valence-corrected chi connectivity index (χ4v) is 8.56. The number of hydrogen-bond acceptors (Lipinski definition) is 12. The van der Waals surface area contributed by atoms with Crippen molar-refractivity contribution >= 4 is 46.6 Å². The summed E-state index contributed by atoms with van der Waals surface area (Å²) in [7, 11) is 16.3. The summed E-state index contributed by atoms with van der Waals surface area (Å²) >= 11 is 0. The van der Waals surface area contributed by atoms with E-state index in [2.05, 4.69) is 102 Å². The lowest BCUT2D eigenvalue weighted by Gasteiger charge is -2.20. The summed E-state index contributed by atoms with van der Waals surface area (Å²) in [5.74, 6) is 0.557. The zero-order chi connectivity index (χ0) is 64.8. The lowest BCUT2D eigenvalue weighted by atomic mass is 9.86. The molecule has 0 fully saturated rings. The largest absolute Gasteiger partial charge is 0.426 e. The number of aryl methyl sites for hydroxylation is 4. The second-order valence-corrected chi connectivity index (χ2v) is 22.7. The van der Waals surface area contributed by atoms with E-state index in [0.717, 1.165) is 50.9 Å². The minimum absolute atomic E-state index is 0.124. The monoisotopic (exact) mass is 1180 g/mol. The van der Waals surface area contributed by atoms with Gasteiger partial charge in [-0.25, -0.2) is 0 Å². The van der Waals surface area contributed by atoms with Crippen LogP contribution in [0.4, 0.5) is 22.7 Å². The molecule has 0 aliphatic heterocycles. The first-order valence-corrected chi connectivity index (χ1v) is 29.2. The Balaban J connectivity index is 0.000000311. The molecule has 8 aromatic rings. The minimum Gasteiger partial charge on any atom is -0.426 e. The molecule has 8 rings (SSSR count). The van der Waals surface area contributed by atoms with Crippen molar-refractivity contribution in [2.75, 3.05) is 76.0 Å². The number of nitrogens with zero attached hydrogens (tertiary/aromatic N) is 4. The van der Waals surface area contributed by atoms with Gasteiger partial charge in [-0.05, 0) is 133 Å². The van der Waals surface area contributed by atoms with Crippen LogP contribution in [0.3, 0.4) is 0 Å². The van der Waals surface area contributed by atoms with E-state index in [-0.39, 0.29) is 11.4 Å². The van der Waals surface area contributed by atoms with Crippen LogP contribution in [-0.2, 0) is 43.9 Å². The van der Waals surface area contributed by atoms with Gasteiger partial charge < -0.3 is 38.5 Å². The van der Waals surface area contributed by atoms with Crippen molar-refractivity contribution in [3.63, 3.8) is 0 Å². The summed E-state index contributed by atoms with van der Waals surface area (Å²) in [5.41, 5.74) is 13.7. The number of carbonyl (C=O) groups is 4. The SMILES string of the molecule is CC(=O)Oc1ccc(C)cc1Cc1cc(C)cc(Cc2cc(C)ccc2OC(C)=O)c1OC(C)=O.CCc1cc(C(C)(C)C)ccc1OC(C)=O.CN(C)c1ccccc1.CN(C)c1ccccc1.CN(C)c1ccccc1.CN(C)c1ccccc1. The van der Waals surface area contributed by atoms with Gasteiger partial charge in [-0.1, -0.05) is 166 Å². The molecule has 0 saturated carbocycles. The number of hydrogen-bond donors (Lipinski definition) is 0. The fourth-order valence-electron chi connectivity index (χ4n) is 8.56. The Morgan fingerprint density at radius 2 is 0.621 bits per heavy atom. The molecule has 0 aliphatic carbocycles. The Morgan fingerprint density at radius 1 is 0.345 bits per heavy atom. The molecule has 0 aromatic heterocycles. The molecule has 87 heavy (non-hydrogen) atoms. The first kappa shape index (κ1) is 72.1. The average Bonchev–Trinajstić information content (AvgIpc) is 2.68. The number of benzene rings is 8. The van der Waals surface area contributed by atoms with Crippen LogP contribution in [-0.4, -0.2) is 80.3 Å². The van der Waals surface area contributed by atoms with Gasteiger partial charge in [-0.15, -0.1) is 0 Å². The van der Waals surface area contributed by atoms with E-state index in [1.807, 2.05) is 198 Å². The van der Waals surface area contributed by atoms with Crippen LogP contribution in [0.2, 0.25) is 0 Å². The van der Waals surface area contributed by atoms with Gasteiger partial charge in [0.1, 0.15) is 23.0 Å².